The zero-order valence-corrected chi connectivity index (χ0v) is 12.4. The Balaban J connectivity index is 2.16. The molecule has 102 valence electrons. The van der Waals surface area contributed by atoms with Gasteiger partial charge in [-0.05, 0) is 62.8 Å². The molecule has 0 aliphatic carbocycles. The zero-order chi connectivity index (χ0) is 13.6. The molecule has 3 nitrogen and oxygen atoms in total. The highest BCUT2D eigenvalue weighted by Crippen LogP contribution is 2.31. The number of nitrogens with zero attached hydrogens (tertiary/aromatic N) is 2. The fourth-order valence-corrected chi connectivity index (χ4v) is 3.27. The Morgan fingerprint density at radius 2 is 1.84 bits per heavy atom. The highest BCUT2D eigenvalue weighted by atomic mass is 15.1. The summed E-state index contributed by atoms with van der Waals surface area (Å²) in [7, 11) is 6.40. The highest BCUT2D eigenvalue weighted by Gasteiger charge is 2.19. The van der Waals surface area contributed by atoms with Crippen molar-refractivity contribution in [2.75, 3.05) is 20.6 Å². The van der Waals surface area contributed by atoms with E-state index < -0.39 is 0 Å². The second kappa shape index (κ2) is 4.66. The van der Waals surface area contributed by atoms with Gasteiger partial charge in [0, 0.05) is 36.7 Å². The largest absolute Gasteiger partial charge is 0.348 e. The molecule has 2 heterocycles. The summed E-state index contributed by atoms with van der Waals surface area (Å²) in [5.74, 6) is 0. The number of fused-ring (bicyclic) bond motifs is 2. The van der Waals surface area contributed by atoms with E-state index in [2.05, 4.69) is 47.9 Å². The lowest BCUT2D eigenvalue weighted by molar-refractivity contribution is 0.353. The van der Waals surface area contributed by atoms with E-state index in [9.17, 15) is 0 Å². The molecule has 1 aliphatic rings. The summed E-state index contributed by atoms with van der Waals surface area (Å²) < 4.78 is 2.35. The molecular formula is C16H23N3. The number of hydrogen-bond acceptors (Lipinski definition) is 2. The summed E-state index contributed by atoms with van der Waals surface area (Å²) in [6, 6.07) is 4.82. The van der Waals surface area contributed by atoms with Crippen LogP contribution in [0.5, 0.6) is 0 Å². The van der Waals surface area contributed by atoms with Crippen molar-refractivity contribution in [3.05, 3.63) is 34.5 Å². The van der Waals surface area contributed by atoms with Gasteiger partial charge in [-0.15, -0.1) is 0 Å². The molecule has 0 spiro atoms. The molecule has 0 fully saturated rings. The van der Waals surface area contributed by atoms with Gasteiger partial charge in [-0.25, -0.2) is 0 Å². The minimum absolute atomic E-state index is 1.04. The third kappa shape index (κ3) is 1.97. The Morgan fingerprint density at radius 1 is 1.16 bits per heavy atom. The monoisotopic (exact) mass is 257 g/mol. The van der Waals surface area contributed by atoms with E-state index in [1.165, 1.54) is 33.3 Å². The minimum atomic E-state index is 1.04. The van der Waals surface area contributed by atoms with Crippen molar-refractivity contribution >= 4 is 10.9 Å². The lowest BCUT2D eigenvalue weighted by Crippen LogP contribution is -2.10. The van der Waals surface area contributed by atoms with Crippen LogP contribution in [0.15, 0.2) is 12.1 Å². The molecule has 0 radical (unpaired) electrons. The van der Waals surface area contributed by atoms with Crippen LogP contribution in [0.25, 0.3) is 10.9 Å². The molecule has 3 heteroatoms. The Labute approximate surface area is 115 Å². The van der Waals surface area contributed by atoms with Gasteiger partial charge in [0.15, 0.2) is 0 Å². The first-order valence-electron chi connectivity index (χ1n) is 7.04. The van der Waals surface area contributed by atoms with Crippen molar-refractivity contribution in [3.63, 3.8) is 0 Å². The van der Waals surface area contributed by atoms with E-state index >= 15 is 0 Å². The Bertz CT molecular complexity index is 625. The van der Waals surface area contributed by atoms with Crippen LogP contribution in [0.2, 0.25) is 0 Å². The third-order valence-corrected chi connectivity index (χ3v) is 4.45. The van der Waals surface area contributed by atoms with E-state index in [0.29, 0.717) is 0 Å². The summed E-state index contributed by atoms with van der Waals surface area (Å²) in [5.41, 5.74) is 7.30. The van der Waals surface area contributed by atoms with Gasteiger partial charge >= 0.3 is 0 Å². The molecule has 0 atom stereocenters. The number of aryl methyl sites for hydroxylation is 1. The summed E-state index contributed by atoms with van der Waals surface area (Å²) in [5, 5.41) is 4.71. The van der Waals surface area contributed by atoms with Crippen LogP contribution in [-0.4, -0.2) is 30.1 Å². The van der Waals surface area contributed by atoms with Crippen LogP contribution in [0.1, 0.15) is 22.4 Å². The smallest absolute Gasteiger partial charge is 0.0486 e. The summed E-state index contributed by atoms with van der Waals surface area (Å²) in [6.45, 7) is 5.45. The average molecular weight is 257 g/mol. The molecule has 0 unspecified atom stereocenters. The van der Waals surface area contributed by atoms with Crippen molar-refractivity contribution in [2.45, 2.75) is 26.4 Å². The van der Waals surface area contributed by atoms with Gasteiger partial charge in [0.05, 0.1) is 0 Å². The summed E-state index contributed by atoms with van der Waals surface area (Å²) in [6.07, 6.45) is 1.11. The van der Waals surface area contributed by atoms with Crippen molar-refractivity contribution in [2.24, 2.45) is 7.05 Å². The van der Waals surface area contributed by atoms with E-state index in [0.717, 1.165) is 26.1 Å². The maximum atomic E-state index is 3.26. The molecule has 0 bridgehead atoms. The number of rotatable bonds is 3. The van der Waals surface area contributed by atoms with Gasteiger partial charge in [0.1, 0.15) is 0 Å². The number of likely N-dealkylation sites (N-methyl/N-ethyl adjacent to an activating group) is 1. The Hall–Kier alpha value is -1.32. The van der Waals surface area contributed by atoms with Crippen molar-refractivity contribution in [1.82, 2.24) is 14.8 Å². The number of nitrogens with one attached hydrogen (secondary N) is 1. The molecule has 1 aromatic heterocycles. The Kier molecular flexibility index (Phi) is 3.11. The van der Waals surface area contributed by atoms with Gasteiger partial charge in [0.2, 0.25) is 0 Å². The minimum Gasteiger partial charge on any atom is -0.348 e. The first-order chi connectivity index (χ1) is 9.11. The molecular weight excluding hydrogens is 234 g/mol. The van der Waals surface area contributed by atoms with Crippen LogP contribution in [-0.2, 0) is 26.6 Å². The van der Waals surface area contributed by atoms with Gasteiger partial charge in [-0.1, -0.05) is 0 Å². The SMILES string of the molecule is CNCCc1c(C)n(C)c2cc3c(cc12)CN(C)C3. The van der Waals surface area contributed by atoms with E-state index in [4.69, 9.17) is 0 Å². The van der Waals surface area contributed by atoms with Gasteiger partial charge in [0.25, 0.3) is 0 Å². The fourth-order valence-electron chi connectivity index (χ4n) is 3.27. The molecule has 1 aromatic carbocycles. The summed E-state index contributed by atoms with van der Waals surface area (Å²) in [4.78, 5) is 2.38. The number of benzene rings is 1. The first-order valence-corrected chi connectivity index (χ1v) is 7.04. The van der Waals surface area contributed by atoms with Crippen LogP contribution in [0, 0.1) is 6.92 Å². The molecule has 19 heavy (non-hydrogen) atoms. The van der Waals surface area contributed by atoms with Gasteiger partial charge in [-0.2, -0.15) is 0 Å². The van der Waals surface area contributed by atoms with Gasteiger partial charge < -0.3 is 9.88 Å². The highest BCUT2D eigenvalue weighted by molar-refractivity contribution is 5.87. The molecule has 0 amide bonds. The van der Waals surface area contributed by atoms with Crippen LogP contribution in [0.3, 0.4) is 0 Å². The lowest BCUT2D eigenvalue weighted by Gasteiger charge is -2.03. The second-order valence-electron chi connectivity index (χ2n) is 5.79. The second-order valence-corrected chi connectivity index (χ2v) is 5.79. The maximum Gasteiger partial charge on any atom is 0.0486 e. The third-order valence-electron chi connectivity index (χ3n) is 4.45. The predicted octanol–water partition coefficient (Wildman–Crippen LogP) is 2.19. The van der Waals surface area contributed by atoms with E-state index in [-0.39, 0.29) is 0 Å². The van der Waals surface area contributed by atoms with Crippen molar-refractivity contribution < 1.29 is 0 Å². The molecule has 0 saturated carbocycles. The van der Waals surface area contributed by atoms with Crippen molar-refractivity contribution in [3.8, 4) is 0 Å². The standard InChI is InChI=1S/C16H23N3/c1-11-14(5-6-17-2)15-7-12-9-18(3)10-13(12)8-16(15)19(11)4/h7-8,17H,5-6,9-10H2,1-4H3. The van der Waals surface area contributed by atoms with Crippen molar-refractivity contribution in [1.29, 1.82) is 0 Å². The average Bonchev–Trinajstić information content (AvgIpc) is 2.85. The van der Waals surface area contributed by atoms with E-state index in [1.54, 1.807) is 0 Å². The van der Waals surface area contributed by atoms with E-state index in [1.807, 2.05) is 7.05 Å². The lowest BCUT2D eigenvalue weighted by atomic mass is 10.0. The fraction of sp³-hybridized carbons (Fsp3) is 0.500. The van der Waals surface area contributed by atoms with Crippen LogP contribution >= 0.6 is 0 Å². The first kappa shape index (κ1) is 12.7. The van der Waals surface area contributed by atoms with Gasteiger partial charge in [-0.3, -0.25) is 4.90 Å². The summed E-state index contributed by atoms with van der Waals surface area (Å²) >= 11 is 0. The molecule has 2 aromatic rings. The van der Waals surface area contributed by atoms with Crippen LogP contribution < -0.4 is 5.32 Å². The topological polar surface area (TPSA) is 20.2 Å². The number of aromatic nitrogens is 1. The molecule has 0 saturated heterocycles. The molecule has 1 aliphatic heterocycles. The normalized spacial score (nSPS) is 15.4. The zero-order valence-electron chi connectivity index (χ0n) is 12.4. The molecule has 3 rings (SSSR count). The Morgan fingerprint density at radius 3 is 2.53 bits per heavy atom. The number of hydrogen-bond donors (Lipinski definition) is 1. The molecule has 1 N–H and O–H groups in total. The quantitative estimate of drug-likeness (QED) is 0.909. The van der Waals surface area contributed by atoms with Crippen LogP contribution in [0.4, 0.5) is 0 Å². The predicted molar refractivity (Wildman–Crippen MR) is 80.5 cm³/mol. The maximum absolute atomic E-state index is 3.26.